The monoisotopic (exact) mass is 355 g/mol. The van der Waals surface area contributed by atoms with E-state index in [0.717, 1.165) is 31.2 Å². The Morgan fingerprint density at radius 3 is 3.00 bits per heavy atom. The Balaban J connectivity index is 1.87. The number of nitrogens with zero attached hydrogens (tertiary/aromatic N) is 2. The molecule has 0 bridgehead atoms. The number of nitriles is 1. The number of carbonyl (C=O) groups is 1. The normalized spacial score (nSPS) is 15.9. The molecule has 128 valence electrons. The number of hydrogen-bond acceptors (Lipinski definition) is 5. The molecule has 1 N–H and O–H groups in total. The Kier molecular flexibility index (Phi) is 4.81. The van der Waals surface area contributed by atoms with E-state index in [-0.39, 0.29) is 11.3 Å². The van der Waals surface area contributed by atoms with Gasteiger partial charge in [-0.15, -0.1) is 11.3 Å². The summed E-state index contributed by atoms with van der Waals surface area (Å²) in [6, 6.07) is 7.79. The van der Waals surface area contributed by atoms with Gasteiger partial charge in [0.1, 0.15) is 11.1 Å². The average molecular weight is 355 g/mol. The fourth-order valence-corrected chi connectivity index (χ4v) is 4.45. The van der Waals surface area contributed by atoms with Crippen molar-refractivity contribution in [1.29, 1.82) is 5.26 Å². The lowest BCUT2D eigenvalue weighted by Gasteiger charge is -2.20. The molecule has 0 spiro atoms. The Labute approximate surface area is 149 Å². The third-order valence-electron chi connectivity index (χ3n) is 4.60. The van der Waals surface area contributed by atoms with Gasteiger partial charge < -0.3 is 5.32 Å². The molecule has 1 amide bonds. The molecule has 25 heavy (non-hydrogen) atoms. The molecule has 1 heterocycles. The number of fused-ring (bicyclic) bond motifs is 1. The van der Waals surface area contributed by atoms with Crippen LogP contribution in [0.2, 0.25) is 0 Å². The second-order valence-corrected chi connectivity index (χ2v) is 7.20. The van der Waals surface area contributed by atoms with Crippen LogP contribution in [0.3, 0.4) is 0 Å². The van der Waals surface area contributed by atoms with Crippen LogP contribution in [0.4, 0.5) is 10.7 Å². The van der Waals surface area contributed by atoms with Crippen molar-refractivity contribution in [2.24, 2.45) is 5.92 Å². The van der Waals surface area contributed by atoms with E-state index in [1.54, 1.807) is 0 Å². The van der Waals surface area contributed by atoms with Crippen molar-refractivity contribution >= 4 is 27.9 Å². The molecule has 0 radical (unpaired) electrons. The fourth-order valence-electron chi connectivity index (χ4n) is 3.15. The van der Waals surface area contributed by atoms with Crippen LogP contribution in [0.1, 0.15) is 46.1 Å². The minimum Gasteiger partial charge on any atom is -0.312 e. The molecule has 0 saturated carbocycles. The van der Waals surface area contributed by atoms with E-state index in [1.807, 2.05) is 0 Å². The van der Waals surface area contributed by atoms with Crippen LogP contribution in [0, 0.1) is 27.4 Å². The molecule has 6 nitrogen and oxygen atoms in total. The second-order valence-electron chi connectivity index (χ2n) is 6.10. The van der Waals surface area contributed by atoms with Gasteiger partial charge in [-0.2, -0.15) is 5.26 Å². The van der Waals surface area contributed by atoms with Crippen molar-refractivity contribution in [3.63, 3.8) is 0 Å². The smallest absolute Gasteiger partial charge is 0.270 e. The van der Waals surface area contributed by atoms with E-state index in [0.29, 0.717) is 16.5 Å². The number of nitrogens with one attached hydrogen (secondary N) is 1. The van der Waals surface area contributed by atoms with Crippen molar-refractivity contribution in [2.75, 3.05) is 5.32 Å². The van der Waals surface area contributed by atoms with Gasteiger partial charge in [0, 0.05) is 22.6 Å². The number of benzene rings is 1. The summed E-state index contributed by atoms with van der Waals surface area (Å²) in [5.41, 5.74) is 1.65. The lowest BCUT2D eigenvalue weighted by Crippen LogP contribution is -2.13. The summed E-state index contributed by atoms with van der Waals surface area (Å²) in [7, 11) is 0. The van der Waals surface area contributed by atoms with E-state index in [1.165, 1.54) is 40.5 Å². The van der Waals surface area contributed by atoms with Crippen molar-refractivity contribution in [1.82, 2.24) is 0 Å². The van der Waals surface area contributed by atoms with Crippen LogP contribution < -0.4 is 5.32 Å². The van der Waals surface area contributed by atoms with Crippen LogP contribution in [-0.4, -0.2) is 10.8 Å². The summed E-state index contributed by atoms with van der Waals surface area (Å²) in [5, 5.41) is 23.7. The minimum absolute atomic E-state index is 0.135. The van der Waals surface area contributed by atoms with Gasteiger partial charge in [0.05, 0.1) is 10.5 Å². The lowest BCUT2D eigenvalue weighted by molar-refractivity contribution is -0.384. The fraction of sp³-hybridized carbons (Fsp3) is 0.333. The first-order chi connectivity index (χ1) is 12.0. The largest absolute Gasteiger partial charge is 0.312 e. The van der Waals surface area contributed by atoms with E-state index in [9.17, 15) is 20.2 Å². The predicted octanol–water partition coefficient (Wildman–Crippen LogP) is 4.30. The number of nitro benzene ring substituents is 1. The molecule has 1 aliphatic carbocycles. The van der Waals surface area contributed by atoms with Crippen molar-refractivity contribution in [3.8, 4) is 6.07 Å². The molecule has 2 aromatic rings. The highest BCUT2D eigenvalue weighted by Gasteiger charge is 2.26. The Morgan fingerprint density at radius 2 is 2.32 bits per heavy atom. The average Bonchev–Trinajstić information content (AvgIpc) is 2.97. The third kappa shape index (κ3) is 3.39. The van der Waals surface area contributed by atoms with E-state index < -0.39 is 10.8 Å². The van der Waals surface area contributed by atoms with E-state index in [4.69, 9.17) is 0 Å². The molecule has 0 fully saturated rings. The number of thiophene rings is 1. The van der Waals surface area contributed by atoms with Gasteiger partial charge in [0.2, 0.25) is 0 Å². The summed E-state index contributed by atoms with van der Waals surface area (Å²) < 4.78 is 0. The summed E-state index contributed by atoms with van der Waals surface area (Å²) in [6.07, 6.45) is 3.97. The van der Waals surface area contributed by atoms with Gasteiger partial charge in [0.15, 0.2) is 0 Å². The molecule has 1 unspecified atom stereocenters. The van der Waals surface area contributed by atoms with Gasteiger partial charge in [-0.1, -0.05) is 19.4 Å². The quantitative estimate of drug-likeness (QED) is 0.653. The van der Waals surface area contributed by atoms with Crippen molar-refractivity contribution in [2.45, 2.75) is 32.6 Å². The van der Waals surface area contributed by atoms with Gasteiger partial charge in [-0.3, -0.25) is 14.9 Å². The number of hydrogen-bond donors (Lipinski definition) is 1. The van der Waals surface area contributed by atoms with E-state index >= 15 is 0 Å². The Hall–Kier alpha value is -2.72. The number of rotatable bonds is 4. The van der Waals surface area contributed by atoms with Gasteiger partial charge >= 0.3 is 0 Å². The molecule has 0 aliphatic heterocycles. The number of non-ortho nitro benzene ring substituents is 1. The zero-order valence-corrected chi connectivity index (χ0v) is 14.6. The van der Waals surface area contributed by atoms with Crippen LogP contribution in [0.5, 0.6) is 0 Å². The summed E-state index contributed by atoms with van der Waals surface area (Å²) in [6.45, 7) is 2.17. The summed E-state index contributed by atoms with van der Waals surface area (Å²) in [4.78, 5) is 23.9. The molecular formula is C18H17N3O3S. The molecule has 1 aromatic carbocycles. The molecule has 1 atom stereocenters. The highest BCUT2D eigenvalue weighted by atomic mass is 32.1. The van der Waals surface area contributed by atoms with Crippen LogP contribution in [0.15, 0.2) is 24.3 Å². The van der Waals surface area contributed by atoms with Gasteiger partial charge in [-0.05, 0) is 36.8 Å². The lowest BCUT2D eigenvalue weighted by atomic mass is 9.86. The number of anilines is 1. The second kappa shape index (κ2) is 7.03. The minimum atomic E-state index is -0.535. The maximum Gasteiger partial charge on any atom is 0.270 e. The van der Waals surface area contributed by atoms with Crippen molar-refractivity contribution in [3.05, 3.63) is 55.9 Å². The SMILES string of the molecule is CCC1CCc2c(sc(NC(=O)c3cccc([N+](=O)[O-])c3)c2C#N)C1. The van der Waals surface area contributed by atoms with E-state index in [2.05, 4.69) is 18.3 Å². The molecular weight excluding hydrogens is 338 g/mol. The third-order valence-corrected chi connectivity index (χ3v) is 5.77. The van der Waals surface area contributed by atoms with Crippen molar-refractivity contribution < 1.29 is 9.72 Å². The molecule has 1 aromatic heterocycles. The maximum absolute atomic E-state index is 12.5. The van der Waals surface area contributed by atoms with Gasteiger partial charge in [0.25, 0.3) is 11.6 Å². The first-order valence-corrected chi connectivity index (χ1v) is 8.95. The first-order valence-electron chi connectivity index (χ1n) is 8.14. The standard InChI is InChI=1S/C18H17N3O3S/c1-2-11-6-7-14-15(10-19)18(25-16(14)8-11)20-17(22)12-4-3-5-13(9-12)21(23)24/h3-5,9,11H,2,6-8H2,1H3,(H,20,22). The predicted molar refractivity (Wildman–Crippen MR) is 95.9 cm³/mol. The number of amides is 1. The molecule has 3 rings (SSSR count). The van der Waals surface area contributed by atoms with Gasteiger partial charge in [-0.25, -0.2) is 0 Å². The summed E-state index contributed by atoms with van der Waals surface area (Å²) >= 11 is 1.45. The number of carbonyl (C=O) groups excluding carboxylic acids is 1. The topological polar surface area (TPSA) is 96.0 Å². The zero-order valence-electron chi connectivity index (χ0n) is 13.7. The van der Waals surface area contributed by atoms with Crippen LogP contribution in [-0.2, 0) is 12.8 Å². The Bertz CT molecular complexity index is 882. The molecule has 7 heteroatoms. The van der Waals surface area contributed by atoms with Crippen LogP contribution >= 0.6 is 11.3 Å². The highest BCUT2D eigenvalue weighted by Crippen LogP contribution is 2.40. The van der Waals surface area contributed by atoms with Crippen LogP contribution in [0.25, 0.3) is 0 Å². The summed E-state index contributed by atoms with van der Waals surface area (Å²) in [5.74, 6) is 0.184. The molecule has 1 aliphatic rings. The Morgan fingerprint density at radius 1 is 1.52 bits per heavy atom. The first kappa shape index (κ1) is 17.1. The highest BCUT2D eigenvalue weighted by molar-refractivity contribution is 7.16. The maximum atomic E-state index is 12.5. The number of nitro groups is 1. The molecule has 0 saturated heterocycles. The zero-order chi connectivity index (χ0) is 18.0.